The SMILES string of the molecule is Cc1cc(C#N)cc(Nc2ccc(Br)c(Cl)c2)n1. The quantitative estimate of drug-likeness (QED) is 0.890. The van der Waals surface area contributed by atoms with Gasteiger partial charge >= 0.3 is 0 Å². The van der Waals surface area contributed by atoms with Crippen molar-refractivity contribution < 1.29 is 0 Å². The number of nitrogens with zero attached hydrogens (tertiary/aromatic N) is 2. The Morgan fingerprint density at radius 3 is 2.78 bits per heavy atom. The van der Waals surface area contributed by atoms with E-state index < -0.39 is 0 Å². The number of benzene rings is 1. The lowest BCUT2D eigenvalue weighted by Crippen LogP contribution is -1.96. The van der Waals surface area contributed by atoms with Crippen LogP contribution in [0.25, 0.3) is 0 Å². The van der Waals surface area contributed by atoms with Crippen LogP contribution in [0.4, 0.5) is 11.5 Å². The van der Waals surface area contributed by atoms with Gasteiger partial charge in [-0.05, 0) is 53.2 Å². The van der Waals surface area contributed by atoms with Gasteiger partial charge in [-0.25, -0.2) is 4.98 Å². The molecule has 18 heavy (non-hydrogen) atoms. The molecule has 0 atom stereocenters. The van der Waals surface area contributed by atoms with E-state index in [9.17, 15) is 0 Å². The van der Waals surface area contributed by atoms with Crippen LogP contribution in [-0.2, 0) is 0 Å². The van der Waals surface area contributed by atoms with Gasteiger partial charge in [0.1, 0.15) is 5.82 Å². The summed E-state index contributed by atoms with van der Waals surface area (Å²) in [5, 5.41) is 12.6. The molecule has 5 heteroatoms. The fourth-order valence-electron chi connectivity index (χ4n) is 1.52. The summed E-state index contributed by atoms with van der Waals surface area (Å²) in [6.07, 6.45) is 0. The van der Waals surface area contributed by atoms with Gasteiger partial charge in [-0.1, -0.05) is 11.6 Å². The highest BCUT2D eigenvalue weighted by Gasteiger charge is 2.02. The predicted molar refractivity (Wildman–Crippen MR) is 76.1 cm³/mol. The third-order valence-corrected chi connectivity index (χ3v) is 3.51. The lowest BCUT2D eigenvalue weighted by atomic mass is 10.2. The summed E-state index contributed by atoms with van der Waals surface area (Å²) >= 11 is 9.34. The molecule has 0 amide bonds. The Labute approximate surface area is 119 Å². The van der Waals surface area contributed by atoms with E-state index in [-0.39, 0.29) is 0 Å². The third kappa shape index (κ3) is 3.00. The van der Waals surface area contributed by atoms with Gasteiger partial charge in [0.25, 0.3) is 0 Å². The number of aryl methyl sites for hydroxylation is 1. The number of nitrogens with one attached hydrogen (secondary N) is 1. The summed E-state index contributed by atoms with van der Waals surface area (Å²) < 4.78 is 0.838. The first kappa shape index (κ1) is 12.9. The molecule has 90 valence electrons. The van der Waals surface area contributed by atoms with Gasteiger partial charge in [0.15, 0.2) is 0 Å². The summed E-state index contributed by atoms with van der Waals surface area (Å²) in [7, 11) is 0. The van der Waals surface area contributed by atoms with Crippen molar-refractivity contribution >= 4 is 39.0 Å². The van der Waals surface area contributed by atoms with Gasteiger partial charge in [0.2, 0.25) is 0 Å². The molecule has 3 nitrogen and oxygen atoms in total. The van der Waals surface area contributed by atoms with Gasteiger partial charge in [-0.15, -0.1) is 0 Å². The zero-order valence-electron chi connectivity index (χ0n) is 9.54. The molecule has 1 aromatic carbocycles. The van der Waals surface area contributed by atoms with E-state index >= 15 is 0 Å². The summed E-state index contributed by atoms with van der Waals surface area (Å²) in [5.74, 6) is 0.630. The Kier molecular flexibility index (Phi) is 3.85. The van der Waals surface area contributed by atoms with Crippen molar-refractivity contribution in [3.8, 4) is 6.07 Å². The number of hydrogen-bond donors (Lipinski definition) is 1. The molecule has 2 aromatic rings. The summed E-state index contributed by atoms with van der Waals surface area (Å²) in [5.41, 5.74) is 2.19. The van der Waals surface area contributed by atoms with Gasteiger partial charge in [0.05, 0.1) is 16.7 Å². The molecule has 0 saturated heterocycles. The van der Waals surface area contributed by atoms with Crippen LogP contribution in [0.3, 0.4) is 0 Å². The second-order valence-electron chi connectivity index (χ2n) is 3.75. The summed E-state index contributed by atoms with van der Waals surface area (Å²) in [6.45, 7) is 1.85. The highest BCUT2D eigenvalue weighted by atomic mass is 79.9. The molecule has 0 bridgehead atoms. The first-order chi connectivity index (χ1) is 8.58. The van der Waals surface area contributed by atoms with Crippen LogP contribution in [0.5, 0.6) is 0 Å². The molecular formula is C13H9BrClN3. The minimum Gasteiger partial charge on any atom is -0.340 e. The van der Waals surface area contributed by atoms with Gasteiger partial charge < -0.3 is 5.32 Å². The van der Waals surface area contributed by atoms with E-state index in [1.807, 2.05) is 19.1 Å². The van der Waals surface area contributed by atoms with E-state index in [0.29, 0.717) is 16.4 Å². The molecular weight excluding hydrogens is 314 g/mol. The number of hydrogen-bond acceptors (Lipinski definition) is 3. The van der Waals surface area contributed by atoms with E-state index in [0.717, 1.165) is 15.9 Å². The number of rotatable bonds is 2. The maximum Gasteiger partial charge on any atom is 0.131 e. The van der Waals surface area contributed by atoms with Gasteiger partial charge in [0, 0.05) is 15.9 Å². The van der Waals surface area contributed by atoms with Crippen molar-refractivity contribution in [1.29, 1.82) is 5.26 Å². The van der Waals surface area contributed by atoms with Crippen LogP contribution in [0.15, 0.2) is 34.8 Å². The third-order valence-electron chi connectivity index (χ3n) is 2.27. The molecule has 0 fully saturated rings. The van der Waals surface area contributed by atoms with Crippen molar-refractivity contribution in [3.05, 3.63) is 51.1 Å². The number of nitriles is 1. The molecule has 2 rings (SSSR count). The summed E-state index contributed by atoms with van der Waals surface area (Å²) in [6, 6.07) is 11.1. The Balaban J connectivity index is 2.31. The van der Waals surface area contributed by atoms with Crippen LogP contribution < -0.4 is 5.32 Å². The van der Waals surface area contributed by atoms with Gasteiger partial charge in [-0.3, -0.25) is 0 Å². The number of halogens is 2. The monoisotopic (exact) mass is 321 g/mol. The molecule has 0 spiro atoms. The second-order valence-corrected chi connectivity index (χ2v) is 5.01. The molecule has 1 N–H and O–H groups in total. The second kappa shape index (κ2) is 5.38. The topological polar surface area (TPSA) is 48.7 Å². The van der Waals surface area contributed by atoms with Crippen LogP contribution in [0, 0.1) is 18.3 Å². The summed E-state index contributed by atoms with van der Waals surface area (Å²) in [4.78, 5) is 4.31. The number of anilines is 2. The highest BCUT2D eigenvalue weighted by molar-refractivity contribution is 9.10. The molecule has 1 heterocycles. The molecule has 1 aromatic heterocycles. The van der Waals surface area contributed by atoms with E-state index in [1.54, 1.807) is 18.2 Å². The molecule has 0 aliphatic carbocycles. The van der Waals surface area contributed by atoms with Crippen molar-refractivity contribution in [2.24, 2.45) is 0 Å². The Morgan fingerprint density at radius 2 is 2.11 bits per heavy atom. The zero-order chi connectivity index (χ0) is 13.1. The molecule has 0 radical (unpaired) electrons. The van der Waals surface area contributed by atoms with E-state index in [2.05, 4.69) is 32.3 Å². The predicted octanol–water partition coefficient (Wildman–Crippen LogP) is 4.42. The smallest absolute Gasteiger partial charge is 0.131 e. The Bertz CT molecular complexity index is 635. The lowest BCUT2D eigenvalue weighted by Gasteiger charge is -2.08. The minimum atomic E-state index is 0.577. The Morgan fingerprint density at radius 1 is 1.33 bits per heavy atom. The maximum absolute atomic E-state index is 8.90. The molecule has 0 aliphatic rings. The largest absolute Gasteiger partial charge is 0.340 e. The van der Waals surface area contributed by atoms with E-state index in [1.165, 1.54) is 0 Å². The minimum absolute atomic E-state index is 0.577. The molecule has 0 unspecified atom stereocenters. The van der Waals surface area contributed by atoms with Crippen molar-refractivity contribution in [1.82, 2.24) is 4.98 Å². The zero-order valence-corrected chi connectivity index (χ0v) is 11.9. The van der Waals surface area contributed by atoms with Crippen molar-refractivity contribution in [2.75, 3.05) is 5.32 Å². The fraction of sp³-hybridized carbons (Fsp3) is 0.0769. The average molecular weight is 323 g/mol. The molecule has 0 aliphatic heterocycles. The Hall–Kier alpha value is -1.57. The molecule has 0 saturated carbocycles. The maximum atomic E-state index is 8.90. The van der Waals surface area contributed by atoms with Crippen molar-refractivity contribution in [3.63, 3.8) is 0 Å². The van der Waals surface area contributed by atoms with Gasteiger partial charge in [-0.2, -0.15) is 5.26 Å². The highest BCUT2D eigenvalue weighted by Crippen LogP contribution is 2.27. The standard InChI is InChI=1S/C13H9BrClN3/c1-8-4-9(7-16)5-13(17-8)18-10-2-3-11(14)12(15)6-10/h2-6H,1H3,(H,17,18). The lowest BCUT2D eigenvalue weighted by molar-refractivity contribution is 1.19. The number of pyridine rings is 1. The fourth-order valence-corrected chi connectivity index (χ4v) is 1.95. The van der Waals surface area contributed by atoms with Crippen molar-refractivity contribution in [2.45, 2.75) is 6.92 Å². The van der Waals surface area contributed by atoms with Crippen LogP contribution in [0.1, 0.15) is 11.3 Å². The number of aromatic nitrogens is 1. The van der Waals surface area contributed by atoms with E-state index in [4.69, 9.17) is 16.9 Å². The van der Waals surface area contributed by atoms with Crippen LogP contribution in [0.2, 0.25) is 5.02 Å². The average Bonchev–Trinajstić information content (AvgIpc) is 2.33. The van der Waals surface area contributed by atoms with Crippen LogP contribution >= 0.6 is 27.5 Å². The normalized spacial score (nSPS) is 9.89. The van der Waals surface area contributed by atoms with Crippen LogP contribution in [-0.4, -0.2) is 4.98 Å². The first-order valence-corrected chi connectivity index (χ1v) is 6.36. The first-order valence-electron chi connectivity index (χ1n) is 5.19.